The van der Waals surface area contributed by atoms with Crippen molar-refractivity contribution in [2.45, 2.75) is 12.0 Å². The van der Waals surface area contributed by atoms with Crippen LogP contribution in [0.15, 0.2) is 87.8 Å². The van der Waals surface area contributed by atoms with Crippen molar-refractivity contribution >= 4 is 77.6 Å². The molecular formula is C26H18Br2ClNO2S. The zero-order valence-corrected chi connectivity index (χ0v) is 22.0. The lowest BCUT2D eigenvalue weighted by Crippen LogP contribution is -2.27. The first kappa shape index (κ1) is 22.8. The van der Waals surface area contributed by atoms with Crippen LogP contribution in [0.25, 0.3) is 10.8 Å². The van der Waals surface area contributed by atoms with Crippen LogP contribution in [0.3, 0.4) is 0 Å². The molecular weight excluding hydrogens is 586 g/mol. The molecule has 0 radical (unpaired) electrons. The van der Waals surface area contributed by atoms with Crippen molar-refractivity contribution in [1.82, 2.24) is 0 Å². The summed E-state index contributed by atoms with van der Waals surface area (Å²) in [7, 11) is 0. The fourth-order valence-corrected chi connectivity index (χ4v) is 6.71. The third-order valence-electron chi connectivity index (χ3n) is 5.53. The summed E-state index contributed by atoms with van der Waals surface area (Å²) in [5.41, 5.74) is 2.97. The second-order valence-electron chi connectivity index (χ2n) is 7.64. The smallest absolute Gasteiger partial charge is 0.238 e. The molecule has 0 unspecified atom stereocenters. The summed E-state index contributed by atoms with van der Waals surface area (Å²) >= 11 is 15.0. The molecule has 33 heavy (non-hydrogen) atoms. The number of fused-ring (bicyclic) bond motifs is 1. The molecule has 0 aliphatic carbocycles. The van der Waals surface area contributed by atoms with E-state index in [1.165, 1.54) is 10.8 Å². The topological polar surface area (TPSA) is 29.5 Å². The Bertz CT molecular complexity index is 1320. The minimum Gasteiger partial charge on any atom is -0.487 e. The molecule has 0 spiro atoms. The minimum atomic E-state index is -0.126. The summed E-state index contributed by atoms with van der Waals surface area (Å²) in [6.07, 6.45) is 0. The van der Waals surface area contributed by atoms with Gasteiger partial charge in [0.1, 0.15) is 17.7 Å². The Morgan fingerprint density at radius 2 is 1.67 bits per heavy atom. The van der Waals surface area contributed by atoms with Gasteiger partial charge in [-0.25, -0.2) is 0 Å². The number of nitrogens with zero attached hydrogens (tertiary/aromatic N) is 1. The number of hydrogen-bond acceptors (Lipinski definition) is 3. The van der Waals surface area contributed by atoms with E-state index in [0.29, 0.717) is 17.4 Å². The summed E-state index contributed by atoms with van der Waals surface area (Å²) in [5, 5.41) is 2.90. The number of ether oxygens (including phenoxy) is 1. The number of hydrogen-bond donors (Lipinski definition) is 0. The standard InChI is InChI=1S/C26H18Br2ClNO2S/c27-22-12-18(26-30(24(31)15-33-26)20-10-8-19(29)9-11-20)13-23(28)25(22)32-14-17-6-3-5-16-4-1-2-7-21(16)17/h1-13,26H,14-15H2/t26-/m0/s1. The highest BCUT2D eigenvalue weighted by Gasteiger charge is 2.34. The predicted molar refractivity (Wildman–Crippen MR) is 144 cm³/mol. The molecule has 0 aromatic heterocycles. The first-order valence-electron chi connectivity index (χ1n) is 10.3. The van der Waals surface area contributed by atoms with Gasteiger partial charge in [-0.2, -0.15) is 0 Å². The Kier molecular flexibility index (Phi) is 6.70. The highest BCUT2D eigenvalue weighted by atomic mass is 79.9. The molecule has 1 amide bonds. The third-order valence-corrected chi connectivity index (χ3v) is 8.17. The minimum absolute atomic E-state index is 0.0795. The number of amides is 1. The molecule has 1 fully saturated rings. The van der Waals surface area contributed by atoms with Gasteiger partial charge in [0, 0.05) is 10.7 Å². The summed E-state index contributed by atoms with van der Waals surface area (Å²) in [5.74, 6) is 1.25. The van der Waals surface area contributed by atoms with Gasteiger partial charge in [0.25, 0.3) is 0 Å². The van der Waals surface area contributed by atoms with Gasteiger partial charge >= 0.3 is 0 Å². The van der Waals surface area contributed by atoms with E-state index in [9.17, 15) is 4.79 Å². The molecule has 166 valence electrons. The number of benzene rings is 4. The van der Waals surface area contributed by atoms with Crippen LogP contribution in [0.2, 0.25) is 5.02 Å². The normalized spacial score (nSPS) is 15.9. The Balaban J connectivity index is 1.41. The maximum atomic E-state index is 12.7. The van der Waals surface area contributed by atoms with E-state index in [-0.39, 0.29) is 11.3 Å². The molecule has 5 rings (SSSR count). The van der Waals surface area contributed by atoms with Crippen LogP contribution in [0.1, 0.15) is 16.5 Å². The van der Waals surface area contributed by atoms with Crippen molar-refractivity contribution in [3.63, 3.8) is 0 Å². The molecule has 4 aromatic rings. The predicted octanol–water partition coefficient (Wildman–Crippen LogP) is 8.38. The van der Waals surface area contributed by atoms with Crippen molar-refractivity contribution < 1.29 is 9.53 Å². The molecule has 4 aromatic carbocycles. The number of thioether (sulfide) groups is 1. The maximum absolute atomic E-state index is 12.7. The van der Waals surface area contributed by atoms with E-state index in [4.69, 9.17) is 16.3 Å². The molecule has 7 heteroatoms. The molecule has 1 aliphatic heterocycles. The van der Waals surface area contributed by atoms with E-state index < -0.39 is 0 Å². The average Bonchev–Trinajstić information content (AvgIpc) is 3.20. The number of halogens is 3. The molecule has 0 N–H and O–H groups in total. The Morgan fingerprint density at radius 1 is 0.970 bits per heavy atom. The number of carbonyl (C=O) groups excluding carboxylic acids is 1. The Morgan fingerprint density at radius 3 is 2.42 bits per heavy atom. The summed E-state index contributed by atoms with van der Waals surface area (Å²) in [4.78, 5) is 14.5. The Hall–Kier alpha value is -1.99. The van der Waals surface area contributed by atoms with Gasteiger partial charge < -0.3 is 4.74 Å². The molecule has 3 nitrogen and oxygen atoms in total. The second-order valence-corrected chi connectivity index (χ2v) is 10.9. The SMILES string of the molecule is O=C1CS[C@@H](c2cc(Br)c(OCc3cccc4ccccc34)c(Br)c2)N1c1ccc(Cl)cc1. The van der Waals surface area contributed by atoms with E-state index >= 15 is 0 Å². The zero-order valence-electron chi connectivity index (χ0n) is 17.3. The van der Waals surface area contributed by atoms with Crippen molar-refractivity contribution in [1.29, 1.82) is 0 Å². The molecule has 0 saturated carbocycles. The van der Waals surface area contributed by atoms with Crippen LogP contribution < -0.4 is 9.64 Å². The van der Waals surface area contributed by atoms with Gasteiger partial charge in [-0.3, -0.25) is 9.69 Å². The highest BCUT2D eigenvalue weighted by molar-refractivity contribution is 9.11. The molecule has 1 aliphatic rings. The monoisotopic (exact) mass is 601 g/mol. The lowest BCUT2D eigenvalue weighted by atomic mass is 10.1. The van der Waals surface area contributed by atoms with Gasteiger partial charge in [0.05, 0.1) is 14.7 Å². The van der Waals surface area contributed by atoms with Gasteiger partial charge in [0.15, 0.2) is 0 Å². The zero-order chi connectivity index (χ0) is 22.9. The Labute approximate surface area is 218 Å². The maximum Gasteiger partial charge on any atom is 0.238 e. The van der Waals surface area contributed by atoms with Crippen molar-refractivity contribution in [2.75, 3.05) is 10.7 Å². The van der Waals surface area contributed by atoms with Gasteiger partial charge in [-0.15, -0.1) is 11.8 Å². The van der Waals surface area contributed by atoms with Crippen LogP contribution in [0.5, 0.6) is 5.75 Å². The van der Waals surface area contributed by atoms with Crippen molar-refractivity contribution in [3.8, 4) is 5.75 Å². The molecule has 1 heterocycles. The number of carbonyl (C=O) groups is 1. The molecule has 0 bridgehead atoms. The first-order chi connectivity index (χ1) is 16.0. The third kappa shape index (κ3) is 4.67. The lowest BCUT2D eigenvalue weighted by Gasteiger charge is -2.25. The van der Waals surface area contributed by atoms with Gasteiger partial charge in [-0.1, -0.05) is 54.1 Å². The fourth-order valence-electron chi connectivity index (χ4n) is 3.98. The van der Waals surface area contributed by atoms with Gasteiger partial charge in [-0.05, 0) is 90.2 Å². The van der Waals surface area contributed by atoms with E-state index in [1.807, 2.05) is 47.4 Å². The summed E-state index contributed by atoms with van der Waals surface area (Å²) < 4.78 is 7.90. The quantitative estimate of drug-likeness (QED) is 0.230. The molecule has 1 saturated heterocycles. The van der Waals surface area contributed by atoms with Crippen molar-refractivity contribution in [3.05, 3.63) is 104 Å². The van der Waals surface area contributed by atoms with Gasteiger partial charge in [0.2, 0.25) is 5.91 Å². The van der Waals surface area contributed by atoms with E-state index in [0.717, 1.165) is 31.5 Å². The number of rotatable bonds is 5. The van der Waals surface area contributed by atoms with Crippen LogP contribution in [-0.4, -0.2) is 11.7 Å². The fraction of sp³-hybridized carbons (Fsp3) is 0.115. The first-order valence-corrected chi connectivity index (χ1v) is 13.3. The van der Waals surface area contributed by atoms with Crippen molar-refractivity contribution in [2.24, 2.45) is 0 Å². The van der Waals surface area contributed by atoms with Crippen LogP contribution >= 0.6 is 55.2 Å². The average molecular weight is 604 g/mol. The number of anilines is 1. The second kappa shape index (κ2) is 9.71. The van der Waals surface area contributed by atoms with Crippen LogP contribution in [0, 0.1) is 0 Å². The van der Waals surface area contributed by atoms with Crippen LogP contribution in [-0.2, 0) is 11.4 Å². The van der Waals surface area contributed by atoms with E-state index in [1.54, 1.807) is 23.9 Å². The molecule has 1 atom stereocenters. The largest absolute Gasteiger partial charge is 0.487 e. The van der Waals surface area contributed by atoms with E-state index in [2.05, 4.69) is 56.1 Å². The van der Waals surface area contributed by atoms with Crippen LogP contribution in [0.4, 0.5) is 5.69 Å². The summed E-state index contributed by atoms with van der Waals surface area (Å²) in [6.45, 7) is 0.450. The highest BCUT2D eigenvalue weighted by Crippen LogP contribution is 2.45. The lowest BCUT2D eigenvalue weighted by molar-refractivity contribution is -0.115. The summed E-state index contributed by atoms with van der Waals surface area (Å²) in [6, 6.07) is 26.0.